The molecule has 5 heteroatoms. The average molecular weight is 269 g/mol. The number of amides is 2. The Kier molecular flexibility index (Phi) is 2.68. The van der Waals surface area contributed by atoms with Gasteiger partial charge in [0.15, 0.2) is 5.76 Å². The third-order valence-corrected chi connectivity index (χ3v) is 3.24. The smallest absolute Gasteiger partial charge is 0.293 e. The Morgan fingerprint density at radius 1 is 1.00 bits per heavy atom. The molecule has 0 bridgehead atoms. The summed E-state index contributed by atoms with van der Waals surface area (Å²) in [5, 5.41) is 13.5. The molecule has 100 valence electrons. The Hall–Kier alpha value is -2.82. The first-order chi connectivity index (χ1) is 9.60. The number of hydrogen-bond donors (Lipinski definition) is 2. The molecule has 0 atom stereocenters. The molecule has 2 amide bonds. The Morgan fingerprint density at radius 2 is 1.70 bits per heavy atom. The molecule has 20 heavy (non-hydrogen) atoms. The van der Waals surface area contributed by atoms with Crippen LogP contribution in [0.3, 0.4) is 0 Å². The maximum Gasteiger partial charge on any atom is 0.293 e. The van der Waals surface area contributed by atoms with Gasteiger partial charge in [-0.15, -0.1) is 0 Å². The molecule has 2 aromatic carbocycles. The zero-order chi connectivity index (χ0) is 14.3. The summed E-state index contributed by atoms with van der Waals surface area (Å²) in [5.41, 5.74) is 0.510. The summed E-state index contributed by atoms with van der Waals surface area (Å²) in [7, 11) is 1.59. The number of carbonyl (C=O) groups excluding carboxylic acids is 2. The van der Waals surface area contributed by atoms with Gasteiger partial charge in [-0.2, -0.15) is 0 Å². The summed E-state index contributed by atoms with van der Waals surface area (Å²) in [6.45, 7) is 0. The average Bonchev–Trinajstić information content (AvgIpc) is 2.71. The number of rotatable bonds is 2. The maximum absolute atomic E-state index is 11.7. The number of ether oxygens (including phenoxy) is 1. The second-order valence-corrected chi connectivity index (χ2v) is 4.43. The monoisotopic (exact) mass is 269 g/mol. The van der Waals surface area contributed by atoms with Crippen LogP contribution in [0.1, 0.15) is 5.56 Å². The predicted octanol–water partition coefficient (Wildman–Crippen LogP) is 1.77. The van der Waals surface area contributed by atoms with E-state index >= 15 is 0 Å². The van der Waals surface area contributed by atoms with Gasteiger partial charge in [-0.3, -0.25) is 14.9 Å². The summed E-state index contributed by atoms with van der Waals surface area (Å²) in [5.74, 6) is -1.15. The first kappa shape index (κ1) is 12.2. The number of aliphatic hydroxyl groups excluding tert-OH is 1. The Bertz CT molecular complexity index is 777. The number of benzene rings is 2. The summed E-state index contributed by atoms with van der Waals surface area (Å²) < 4.78 is 5.14. The Labute approximate surface area is 114 Å². The van der Waals surface area contributed by atoms with Crippen LogP contribution < -0.4 is 10.1 Å². The second kappa shape index (κ2) is 4.38. The van der Waals surface area contributed by atoms with Crippen LogP contribution in [-0.4, -0.2) is 24.0 Å². The maximum atomic E-state index is 11.7. The van der Waals surface area contributed by atoms with Crippen molar-refractivity contribution in [1.82, 2.24) is 5.32 Å². The third-order valence-electron chi connectivity index (χ3n) is 3.24. The van der Waals surface area contributed by atoms with Gasteiger partial charge in [0.25, 0.3) is 11.8 Å². The van der Waals surface area contributed by atoms with Gasteiger partial charge in [0, 0.05) is 0 Å². The lowest BCUT2D eigenvalue weighted by molar-refractivity contribution is -0.124. The van der Waals surface area contributed by atoms with E-state index < -0.39 is 17.6 Å². The molecular weight excluding hydrogens is 258 g/mol. The van der Waals surface area contributed by atoms with Crippen LogP contribution in [0.25, 0.3) is 16.3 Å². The minimum absolute atomic E-state index is 0.00715. The fraction of sp³-hybridized carbons (Fsp3) is 0.0667. The van der Waals surface area contributed by atoms with Crippen molar-refractivity contribution in [3.05, 3.63) is 47.7 Å². The number of carbonyl (C=O) groups is 2. The van der Waals surface area contributed by atoms with Gasteiger partial charge in [0.05, 0.1) is 12.7 Å². The normalized spacial score (nSPS) is 14.8. The molecule has 2 N–H and O–H groups in total. The van der Waals surface area contributed by atoms with E-state index in [4.69, 9.17) is 4.74 Å². The number of imide groups is 1. The van der Waals surface area contributed by atoms with Gasteiger partial charge in [-0.1, -0.05) is 18.2 Å². The van der Waals surface area contributed by atoms with E-state index in [1.807, 2.05) is 18.2 Å². The van der Waals surface area contributed by atoms with E-state index in [1.165, 1.54) is 0 Å². The molecule has 0 fully saturated rings. The molecule has 2 aromatic rings. The quantitative estimate of drug-likeness (QED) is 0.815. The second-order valence-electron chi connectivity index (χ2n) is 4.43. The predicted molar refractivity (Wildman–Crippen MR) is 73.2 cm³/mol. The van der Waals surface area contributed by atoms with Crippen LogP contribution in [0.15, 0.2) is 42.2 Å². The van der Waals surface area contributed by atoms with Crippen molar-refractivity contribution in [1.29, 1.82) is 0 Å². The van der Waals surface area contributed by atoms with Crippen molar-refractivity contribution in [3.63, 3.8) is 0 Å². The third kappa shape index (κ3) is 1.80. The molecule has 0 aliphatic carbocycles. The van der Waals surface area contributed by atoms with Crippen LogP contribution in [0.2, 0.25) is 0 Å². The summed E-state index contributed by atoms with van der Waals surface area (Å²) in [6.07, 6.45) is 0. The lowest BCUT2D eigenvalue weighted by atomic mass is 10.0. The zero-order valence-corrected chi connectivity index (χ0v) is 10.6. The molecule has 0 radical (unpaired) electrons. The van der Waals surface area contributed by atoms with Crippen LogP contribution in [0, 0.1) is 0 Å². The highest BCUT2D eigenvalue weighted by atomic mass is 16.5. The highest BCUT2D eigenvalue weighted by Crippen LogP contribution is 2.27. The van der Waals surface area contributed by atoms with Crippen LogP contribution in [0.4, 0.5) is 0 Å². The Morgan fingerprint density at radius 3 is 2.35 bits per heavy atom. The van der Waals surface area contributed by atoms with Crippen molar-refractivity contribution in [2.24, 2.45) is 0 Å². The number of hydrogen-bond acceptors (Lipinski definition) is 4. The molecule has 0 aromatic heterocycles. The molecule has 0 saturated carbocycles. The molecule has 5 nitrogen and oxygen atoms in total. The molecule has 0 spiro atoms. The lowest BCUT2D eigenvalue weighted by Gasteiger charge is -2.05. The molecule has 0 unspecified atom stereocenters. The van der Waals surface area contributed by atoms with Gasteiger partial charge in [0.2, 0.25) is 0 Å². The van der Waals surface area contributed by atoms with Gasteiger partial charge >= 0.3 is 0 Å². The molecule has 1 aliphatic heterocycles. The van der Waals surface area contributed by atoms with E-state index in [9.17, 15) is 14.7 Å². The van der Waals surface area contributed by atoms with E-state index in [-0.39, 0.29) is 5.57 Å². The summed E-state index contributed by atoms with van der Waals surface area (Å²) in [4.78, 5) is 22.9. The molecule has 1 heterocycles. The number of aliphatic hydroxyl groups is 1. The van der Waals surface area contributed by atoms with E-state index in [2.05, 4.69) is 5.32 Å². The van der Waals surface area contributed by atoms with Crippen molar-refractivity contribution in [2.75, 3.05) is 7.11 Å². The SMILES string of the molecule is COc1ccc2cc(C3=C(O)C(=O)NC3=O)ccc2c1. The zero-order valence-electron chi connectivity index (χ0n) is 10.6. The highest BCUT2D eigenvalue weighted by Gasteiger charge is 2.31. The minimum atomic E-state index is -0.764. The molecule has 3 rings (SSSR count). The first-order valence-corrected chi connectivity index (χ1v) is 5.97. The van der Waals surface area contributed by atoms with Crippen molar-refractivity contribution < 1.29 is 19.4 Å². The molecular formula is C15H11NO4. The van der Waals surface area contributed by atoms with Crippen LogP contribution >= 0.6 is 0 Å². The van der Waals surface area contributed by atoms with Crippen LogP contribution in [0.5, 0.6) is 5.75 Å². The fourth-order valence-electron chi connectivity index (χ4n) is 2.22. The van der Waals surface area contributed by atoms with E-state index in [0.29, 0.717) is 5.56 Å². The molecule has 0 saturated heterocycles. The van der Waals surface area contributed by atoms with E-state index in [0.717, 1.165) is 16.5 Å². The van der Waals surface area contributed by atoms with Crippen molar-refractivity contribution in [2.45, 2.75) is 0 Å². The minimum Gasteiger partial charge on any atom is -0.502 e. The fourth-order valence-corrected chi connectivity index (χ4v) is 2.22. The molecule has 1 aliphatic rings. The van der Waals surface area contributed by atoms with Gasteiger partial charge < -0.3 is 9.84 Å². The summed E-state index contributed by atoms with van der Waals surface area (Å²) in [6, 6.07) is 10.8. The Balaban J connectivity index is 2.15. The topological polar surface area (TPSA) is 75.6 Å². The van der Waals surface area contributed by atoms with Gasteiger partial charge in [-0.25, -0.2) is 0 Å². The van der Waals surface area contributed by atoms with Gasteiger partial charge in [0.1, 0.15) is 5.75 Å². The number of methoxy groups -OCH3 is 1. The number of nitrogens with one attached hydrogen (secondary N) is 1. The van der Waals surface area contributed by atoms with Crippen molar-refractivity contribution >= 4 is 28.2 Å². The lowest BCUT2D eigenvalue weighted by Crippen LogP contribution is -2.22. The van der Waals surface area contributed by atoms with E-state index in [1.54, 1.807) is 25.3 Å². The van der Waals surface area contributed by atoms with Crippen molar-refractivity contribution in [3.8, 4) is 5.75 Å². The summed E-state index contributed by atoms with van der Waals surface area (Å²) >= 11 is 0. The first-order valence-electron chi connectivity index (χ1n) is 5.97. The largest absolute Gasteiger partial charge is 0.502 e. The number of fused-ring (bicyclic) bond motifs is 1. The standard InChI is InChI=1S/C15H11NO4/c1-20-11-5-4-8-6-10(3-2-9(8)7-11)12-13(17)15(19)16-14(12)18/h2-7H,1H3,(H2,16,17,18,19). The highest BCUT2D eigenvalue weighted by molar-refractivity contribution is 6.35. The van der Waals surface area contributed by atoms with Crippen LogP contribution in [-0.2, 0) is 9.59 Å². The van der Waals surface area contributed by atoms with Gasteiger partial charge in [-0.05, 0) is 34.5 Å².